The van der Waals surface area contributed by atoms with Crippen LogP contribution >= 0.6 is 0 Å². The van der Waals surface area contributed by atoms with Gasteiger partial charge in [0.05, 0.1) is 5.56 Å². The van der Waals surface area contributed by atoms with E-state index in [0.29, 0.717) is 17.2 Å². The van der Waals surface area contributed by atoms with E-state index >= 15 is 0 Å². The summed E-state index contributed by atoms with van der Waals surface area (Å²) in [6.45, 7) is 2.15. The minimum absolute atomic E-state index is 0.148. The van der Waals surface area contributed by atoms with E-state index in [1.54, 1.807) is 12.1 Å². The van der Waals surface area contributed by atoms with Crippen LogP contribution in [0.5, 0.6) is 5.75 Å². The fourth-order valence-electron chi connectivity index (χ4n) is 1.99. The van der Waals surface area contributed by atoms with Gasteiger partial charge in [0.25, 0.3) is 5.89 Å². The van der Waals surface area contributed by atoms with Crippen LogP contribution in [0.1, 0.15) is 21.8 Å². The smallest absolute Gasteiger partial charge is 0.335 e. The number of carboxylic acid groups (broad SMARTS) is 1. The second kappa shape index (κ2) is 6.31. The van der Waals surface area contributed by atoms with E-state index in [4.69, 9.17) is 14.3 Å². The fraction of sp³-hybridized carbons (Fsp3) is 0.118. The number of hydrogen-bond donors (Lipinski definition) is 1. The van der Waals surface area contributed by atoms with Crippen molar-refractivity contribution in [1.82, 2.24) is 10.2 Å². The summed E-state index contributed by atoms with van der Waals surface area (Å²) in [5.74, 6) is 0.287. The van der Waals surface area contributed by atoms with Crippen molar-refractivity contribution in [1.29, 1.82) is 0 Å². The predicted molar refractivity (Wildman–Crippen MR) is 82.2 cm³/mol. The molecule has 6 nitrogen and oxygen atoms in total. The molecule has 0 saturated heterocycles. The molecule has 23 heavy (non-hydrogen) atoms. The quantitative estimate of drug-likeness (QED) is 0.778. The Balaban J connectivity index is 1.71. The van der Waals surface area contributed by atoms with E-state index in [1.807, 2.05) is 31.2 Å². The first-order valence-corrected chi connectivity index (χ1v) is 6.97. The number of aryl methyl sites for hydroxylation is 1. The van der Waals surface area contributed by atoms with Gasteiger partial charge in [-0.25, -0.2) is 4.79 Å². The molecule has 0 radical (unpaired) electrons. The maximum atomic E-state index is 11.0. The largest absolute Gasteiger partial charge is 0.484 e. The summed E-state index contributed by atoms with van der Waals surface area (Å²) in [6, 6.07) is 14.0. The number of carbonyl (C=O) groups is 1. The Morgan fingerprint density at radius 2 is 1.96 bits per heavy atom. The van der Waals surface area contributed by atoms with E-state index in [0.717, 1.165) is 5.56 Å². The zero-order valence-corrected chi connectivity index (χ0v) is 12.4. The van der Waals surface area contributed by atoms with Crippen LogP contribution in [0.2, 0.25) is 0 Å². The molecule has 1 N–H and O–H groups in total. The molecule has 0 spiro atoms. The molecule has 0 unspecified atom stereocenters. The normalized spacial score (nSPS) is 10.5. The molecule has 0 aliphatic carbocycles. The highest BCUT2D eigenvalue weighted by atomic mass is 16.5. The summed E-state index contributed by atoms with van der Waals surface area (Å²) in [7, 11) is 0. The van der Waals surface area contributed by atoms with Gasteiger partial charge in [-0.2, -0.15) is 0 Å². The van der Waals surface area contributed by atoms with Crippen LogP contribution in [0.25, 0.3) is 11.5 Å². The lowest BCUT2D eigenvalue weighted by Gasteiger charge is -2.03. The minimum Gasteiger partial charge on any atom is -0.484 e. The number of hydrogen-bond acceptors (Lipinski definition) is 5. The van der Waals surface area contributed by atoms with Crippen LogP contribution in [0.15, 0.2) is 52.9 Å². The van der Waals surface area contributed by atoms with Crippen LogP contribution in [0.4, 0.5) is 0 Å². The molecule has 0 amide bonds. The van der Waals surface area contributed by atoms with Crippen LogP contribution in [-0.2, 0) is 6.61 Å². The first kappa shape index (κ1) is 14.8. The standard InChI is InChI=1S/C17H14N2O4/c1-11-5-7-14(8-6-11)22-10-15-18-19-16(23-15)12-3-2-4-13(9-12)17(20)21/h2-9H,10H2,1H3,(H,20,21). The average molecular weight is 310 g/mol. The number of aromatic carboxylic acids is 1. The topological polar surface area (TPSA) is 85.5 Å². The molecule has 2 aromatic carbocycles. The second-order valence-electron chi connectivity index (χ2n) is 4.99. The van der Waals surface area contributed by atoms with Crippen molar-refractivity contribution in [2.75, 3.05) is 0 Å². The summed E-state index contributed by atoms with van der Waals surface area (Å²) in [4.78, 5) is 11.0. The molecule has 3 rings (SSSR count). The van der Waals surface area contributed by atoms with Crippen molar-refractivity contribution >= 4 is 5.97 Å². The Morgan fingerprint density at radius 1 is 1.17 bits per heavy atom. The van der Waals surface area contributed by atoms with Gasteiger partial charge in [0.15, 0.2) is 6.61 Å². The number of carboxylic acids is 1. The third-order valence-electron chi connectivity index (χ3n) is 3.21. The number of ether oxygens (including phenoxy) is 1. The van der Waals surface area contributed by atoms with Gasteiger partial charge in [0, 0.05) is 5.56 Å². The summed E-state index contributed by atoms with van der Waals surface area (Å²) < 4.78 is 11.1. The van der Waals surface area contributed by atoms with E-state index in [1.165, 1.54) is 12.1 Å². The molecular formula is C17H14N2O4. The highest BCUT2D eigenvalue weighted by Gasteiger charge is 2.11. The lowest BCUT2D eigenvalue weighted by Crippen LogP contribution is -1.95. The third-order valence-corrected chi connectivity index (χ3v) is 3.21. The van der Waals surface area contributed by atoms with Crippen LogP contribution in [0.3, 0.4) is 0 Å². The van der Waals surface area contributed by atoms with Gasteiger partial charge in [0.1, 0.15) is 5.75 Å². The number of benzene rings is 2. The molecule has 0 aliphatic heterocycles. The molecule has 6 heteroatoms. The molecule has 3 aromatic rings. The second-order valence-corrected chi connectivity index (χ2v) is 4.99. The number of rotatable bonds is 5. The molecule has 0 bridgehead atoms. The summed E-state index contributed by atoms with van der Waals surface area (Å²) in [5, 5.41) is 16.8. The molecule has 0 saturated carbocycles. The van der Waals surface area contributed by atoms with Gasteiger partial charge in [-0.15, -0.1) is 10.2 Å². The Bertz CT molecular complexity index is 825. The van der Waals surface area contributed by atoms with E-state index in [-0.39, 0.29) is 18.1 Å². The molecular weight excluding hydrogens is 296 g/mol. The Kier molecular flexibility index (Phi) is 4.05. The maximum absolute atomic E-state index is 11.0. The molecule has 1 heterocycles. The van der Waals surface area contributed by atoms with Crippen molar-refractivity contribution < 1.29 is 19.1 Å². The van der Waals surface area contributed by atoms with E-state index < -0.39 is 5.97 Å². The van der Waals surface area contributed by atoms with Gasteiger partial charge >= 0.3 is 5.97 Å². The fourth-order valence-corrected chi connectivity index (χ4v) is 1.99. The monoisotopic (exact) mass is 310 g/mol. The zero-order chi connectivity index (χ0) is 16.2. The van der Waals surface area contributed by atoms with Crippen molar-refractivity contribution in [3.63, 3.8) is 0 Å². The van der Waals surface area contributed by atoms with E-state index in [9.17, 15) is 4.79 Å². The van der Waals surface area contributed by atoms with Gasteiger partial charge in [-0.05, 0) is 37.3 Å². The van der Waals surface area contributed by atoms with Crippen molar-refractivity contribution in [2.45, 2.75) is 13.5 Å². The molecule has 0 atom stereocenters. The maximum Gasteiger partial charge on any atom is 0.335 e. The highest BCUT2D eigenvalue weighted by Crippen LogP contribution is 2.20. The van der Waals surface area contributed by atoms with Gasteiger partial charge < -0.3 is 14.3 Å². The summed E-state index contributed by atoms with van der Waals surface area (Å²) in [5.41, 5.74) is 1.87. The molecule has 0 aliphatic rings. The van der Waals surface area contributed by atoms with E-state index in [2.05, 4.69) is 10.2 Å². The van der Waals surface area contributed by atoms with Crippen molar-refractivity contribution in [2.24, 2.45) is 0 Å². The Morgan fingerprint density at radius 3 is 2.70 bits per heavy atom. The summed E-state index contributed by atoms with van der Waals surface area (Å²) in [6.07, 6.45) is 0. The lowest BCUT2D eigenvalue weighted by molar-refractivity contribution is 0.0697. The highest BCUT2D eigenvalue weighted by molar-refractivity contribution is 5.88. The first-order valence-electron chi connectivity index (χ1n) is 6.97. The number of nitrogens with zero attached hydrogens (tertiary/aromatic N) is 2. The first-order chi connectivity index (χ1) is 11.1. The molecule has 116 valence electrons. The van der Waals surface area contributed by atoms with Crippen LogP contribution in [0, 0.1) is 6.92 Å². The Hall–Kier alpha value is -3.15. The van der Waals surface area contributed by atoms with Gasteiger partial charge in [-0.3, -0.25) is 0 Å². The SMILES string of the molecule is Cc1ccc(OCc2nnc(-c3cccc(C(=O)O)c3)o2)cc1. The van der Waals surface area contributed by atoms with Crippen LogP contribution < -0.4 is 4.74 Å². The van der Waals surface area contributed by atoms with Crippen LogP contribution in [-0.4, -0.2) is 21.3 Å². The van der Waals surface area contributed by atoms with Gasteiger partial charge in [-0.1, -0.05) is 23.8 Å². The zero-order valence-electron chi connectivity index (χ0n) is 12.4. The number of aromatic nitrogens is 2. The lowest BCUT2D eigenvalue weighted by atomic mass is 10.1. The summed E-state index contributed by atoms with van der Waals surface area (Å²) >= 11 is 0. The minimum atomic E-state index is -1.01. The molecule has 0 fully saturated rings. The third kappa shape index (κ3) is 3.55. The average Bonchev–Trinajstić information content (AvgIpc) is 3.03. The van der Waals surface area contributed by atoms with Gasteiger partial charge in [0.2, 0.25) is 5.89 Å². The molecule has 1 aromatic heterocycles. The van der Waals surface area contributed by atoms with Crippen molar-refractivity contribution in [3.8, 4) is 17.2 Å². The predicted octanol–water partition coefficient (Wildman–Crippen LogP) is 3.32. The van der Waals surface area contributed by atoms with Crippen molar-refractivity contribution in [3.05, 3.63) is 65.5 Å². The Labute approximate surface area is 132 Å².